The summed E-state index contributed by atoms with van der Waals surface area (Å²) >= 11 is 0. The summed E-state index contributed by atoms with van der Waals surface area (Å²) < 4.78 is 5.79. The number of carbonyl (C=O) groups excluding carboxylic acids is 1. The van der Waals surface area contributed by atoms with Gasteiger partial charge >= 0.3 is 0 Å². The number of furan rings is 1. The van der Waals surface area contributed by atoms with E-state index in [-0.39, 0.29) is 5.91 Å². The third kappa shape index (κ3) is 3.67. The van der Waals surface area contributed by atoms with Crippen molar-refractivity contribution in [2.24, 2.45) is 0 Å². The van der Waals surface area contributed by atoms with E-state index in [1.807, 2.05) is 91.9 Å². The van der Waals surface area contributed by atoms with Crippen LogP contribution in [0.2, 0.25) is 0 Å². The van der Waals surface area contributed by atoms with E-state index in [9.17, 15) is 4.79 Å². The van der Waals surface area contributed by atoms with Crippen molar-refractivity contribution in [1.29, 1.82) is 0 Å². The van der Waals surface area contributed by atoms with E-state index in [1.54, 1.807) is 6.07 Å². The van der Waals surface area contributed by atoms with Gasteiger partial charge in [0.25, 0.3) is 5.91 Å². The fraction of sp³-hybridized carbons (Fsp3) is 0.0417. The molecule has 132 valence electrons. The van der Waals surface area contributed by atoms with Gasteiger partial charge in [0.15, 0.2) is 0 Å². The summed E-state index contributed by atoms with van der Waals surface area (Å²) in [4.78, 5) is 12.8. The van der Waals surface area contributed by atoms with Crippen molar-refractivity contribution >= 4 is 11.6 Å². The Balaban J connectivity index is 1.57. The molecule has 3 nitrogen and oxygen atoms in total. The molecule has 4 rings (SSSR count). The van der Waals surface area contributed by atoms with Crippen LogP contribution in [-0.2, 0) is 0 Å². The van der Waals surface area contributed by atoms with Crippen LogP contribution in [0.3, 0.4) is 0 Å². The number of hydrogen-bond acceptors (Lipinski definition) is 2. The van der Waals surface area contributed by atoms with Crippen LogP contribution >= 0.6 is 0 Å². The molecule has 0 bridgehead atoms. The first kappa shape index (κ1) is 16.9. The van der Waals surface area contributed by atoms with Crippen molar-refractivity contribution in [3.63, 3.8) is 0 Å². The van der Waals surface area contributed by atoms with Gasteiger partial charge in [-0.25, -0.2) is 0 Å². The predicted molar refractivity (Wildman–Crippen MR) is 109 cm³/mol. The molecule has 0 radical (unpaired) electrons. The maximum atomic E-state index is 12.8. The summed E-state index contributed by atoms with van der Waals surface area (Å²) in [5, 5.41) is 2.98. The minimum atomic E-state index is -0.177. The first-order valence-corrected chi connectivity index (χ1v) is 8.83. The molecule has 1 N–H and O–H groups in total. The summed E-state index contributed by atoms with van der Waals surface area (Å²) in [5.41, 5.74) is 4.41. The van der Waals surface area contributed by atoms with Crippen LogP contribution in [0.1, 0.15) is 16.1 Å². The van der Waals surface area contributed by atoms with E-state index in [4.69, 9.17) is 4.42 Å². The highest BCUT2D eigenvalue weighted by molar-refractivity contribution is 6.05. The average Bonchev–Trinajstić information content (AvgIpc) is 3.11. The lowest BCUT2D eigenvalue weighted by atomic mass is 10.1. The molecule has 0 fully saturated rings. The predicted octanol–water partition coefficient (Wildman–Crippen LogP) is 6.17. The molecule has 1 aromatic heterocycles. The van der Waals surface area contributed by atoms with Gasteiger partial charge in [-0.2, -0.15) is 0 Å². The number of carbonyl (C=O) groups is 1. The van der Waals surface area contributed by atoms with Gasteiger partial charge in [0.05, 0.1) is 5.56 Å². The fourth-order valence-electron chi connectivity index (χ4n) is 3.06. The lowest BCUT2D eigenvalue weighted by Crippen LogP contribution is -2.12. The molecule has 0 atom stereocenters. The quantitative estimate of drug-likeness (QED) is 0.476. The molecule has 0 aliphatic carbocycles. The normalized spacial score (nSPS) is 10.6. The van der Waals surface area contributed by atoms with E-state index in [0.29, 0.717) is 17.1 Å². The summed E-state index contributed by atoms with van der Waals surface area (Å²) in [6, 6.07) is 29.5. The third-order valence-corrected chi connectivity index (χ3v) is 4.45. The number of nitrogens with one attached hydrogen (secondary N) is 1. The first-order chi connectivity index (χ1) is 13.2. The number of benzene rings is 3. The molecular weight excluding hydrogens is 334 g/mol. The molecule has 0 saturated heterocycles. The van der Waals surface area contributed by atoms with Gasteiger partial charge in [-0.15, -0.1) is 0 Å². The van der Waals surface area contributed by atoms with Crippen LogP contribution in [0.15, 0.2) is 95.4 Å². The van der Waals surface area contributed by atoms with E-state index in [0.717, 1.165) is 22.4 Å². The number of amides is 1. The third-order valence-electron chi connectivity index (χ3n) is 4.45. The van der Waals surface area contributed by atoms with Crippen LogP contribution in [0.5, 0.6) is 0 Å². The first-order valence-electron chi connectivity index (χ1n) is 8.83. The summed E-state index contributed by atoms with van der Waals surface area (Å²) in [6.07, 6.45) is 0. The standard InChI is InChI=1S/C24H19NO2/c1-17-22(16-23(27-17)19-11-6-3-7-12-19)24(26)25-21-14-8-13-20(15-21)18-9-4-2-5-10-18/h2-16H,1H3,(H,25,26). The molecule has 0 spiro atoms. The van der Waals surface area contributed by atoms with Gasteiger partial charge in [0, 0.05) is 11.3 Å². The fourth-order valence-corrected chi connectivity index (χ4v) is 3.06. The molecule has 4 aromatic rings. The van der Waals surface area contributed by atoms with Crippen LogP contribution in [0, 0.1) is 6.92 Å². The Morgan fingerprint density at radius 3 is 2.07 bits per heavy atom. The monoisotopic (exact) mass is 353 g/mol. The van der Waals surface area contributed by atoms with Crippen molar-refractivity contribution in [2.45, 2.75) is 6.92 Å². The Hall–Kier alpha value is -3.59. The van der Waals surface area contributed by atoms with Crippen molar-refractivity contribution in [3.05, 3.63) is 102 Å². The van der Waals surface area contributed by atoms with Crippen LogP contribution in [0.4, 0.5) is 5.69 Å². The highest BCUT2D eigenvalue weighted by Gasteiger charge is 2.16. The number of hydrogen-bond donors (Lipinski definition) is 1. The minimum absolute atomic E-state index is 0.177. The molecule has 0 aliphatic heterocycles. The van der Waals surface area contributed by atoms with E-state index >= 15 is 0 Å². The van der Waals surface area contributed by atoms with Gasteiger partial charge in [0.1, 0.15) is 11.5 Å². The SMILES string of the molecule is Cc1oc(-c2ccccc2)cc1C(=O)Nc1cccc(-c2ccccc2)c1. The van der Waals surface area contributed by atoms with Gasteiger partial charge in [-0.05, 0) is 36.2 Å². The van der Waals surface area contributed by atoms with Crippen LogP contribution in [-0.4, -0.2) is 5.91 Å². The summed E-state index contributed by atoms with van der Waals surface area (Å²) in [7, 11) is 0. The second-order valence-corrected chi connectivity index (χ2v) is 6.35. The molecule has 1 amide bonds. The maximum Gasteiger partial charge on any atom is 0.259 e. The molecule has 3 heteroatoms. The molecule has 27 heavy (non-hydrogen) atoms. The molecule has 0 saturated carbocycles. The Bertz CT molecular complexity index is 1070. The minimum Gasteiger partial charge on any atom is -0.461 e. The Morgan fingerprint density at radius 1 is 0.741 bits per heavy atom. The maximum absolute atomic E-state index is 12.8. The summed E-state index contributed by atoms with van der Waals surface area (Å²) in [6.45, 7) is 1.81. The number of rotatable bonds is 4. The largest absolute Gasteiger partial charge is 0.461 e. The van der Waals surface area contributed by atoms with Crippen molar-refractivity contribution in [1.82, 2.24) is 0 Å². The zero-order chi connectivity index (χ0) is 18.6. The second kappa shape index (κ2) is 7.34. The highest BCUT2D eigenvalue weighted by atomic mass is 16.3. The van der Waals surface area contributed by atoms with Crippen LogP contribution < -0.4 is 5.32 Å². The molecule has 1 heterocycles. The number of aryl methyl sites for hydroxylation is 1. The van der Waals surface area contributed by atoms with E-state index in [1.165, 1.54) is 0 Å². The Kier molecular flexibility index (Phi) is 4.58. The van der Waals surface area contributed by atoms with Crippen molar-refractivity contribution < 1.29 is 9.21 Å². The highest BCUT2D eigenvalue weighted by Crippen LogP contribution is 2.27. The van der Waals surface area contributed by atoms with E-state index in [2.05, 4.69) is 5.32 Å². The zero-order valence-electron chi connectivity index (χ0n) is 15.0. The van der Waals surface area contributed by atoms with Crippen LogP contribution in [0.25, 0.3) is 22.5 Å². The molecular formula is C24H19NO2. The van der Waals surface area contributed by atoms with E-state index < -0.39 is 0 Å². The van der Waals surface area contributed by atoms with Gasteiger partial charge in [0.2, 0.25) is 0 Å². The van der Waals surface area contributed by atoms with Crippen molar-refractivity contribution in [2.75, 3.05) is 5.32 Å². The molecule has 0 unspecified atom stereocenters. The molecule has 0 aliphatic rings. The zero-order valence-corrected chi connectivity index (χ0v) is 15.0. The van der Waals surface area contributed by atoms with Gasteiger partial charge in [-0.1, -0.05) is 72.8 Å². The smallest absolute Gasteiger partial charge is 0.259 e. The topological polar surface area (TPSA) is 42.2 Å². The van der Waals surface area contributed by atoms with Gasteiger partial charge < -0.3 is 9.73 Å². The Morgan fingerprint density at radius 2 is 1.37 bits per heavy atom. The van der Waals surface area contributed by atoms with Gasteiger partial charge in [-0.3, -0.25) is 4.79 Å². The van der Waals surface area contributed by atoms with Crippen molar-refractivity contribution in [3.8, 4) is 22.5 Å². The Labute approximate surface area is 158 Å². The second-order valence-electron chi connectivity index (χ2n) is 6.35. The average molecular weight is 353 g/mol. The molecule has 3 aromatic carbocycles. The lowest BCUT2D eigenvalue weighted by Gasteiger charge is -2.07. The summed E-state index contributed by atoms with van der Waals surface area (Å²) in [5.74, 6) is 1.12. The number of anilines is 1. The lowest BCUT2D eigenvalue weighted by molar-refractivity contribution is 0.102.